The Kier molecular flexibility index (Phi) is 4.36. The molecule has 5 rings (SSSR count). The number of fused-ring (bicyclic) bond motifs is 4. The van der Waals surface area contributed by atoms with E-state index >= 15 is 0 Å². The van der Waals surface area contributed by atoms with Crippen molar-refractivity contribution < 1.29 is 19.8 Å². The number of carboxylic acid groups (broad SMARTS) is 1. The van der Waals surface area contributed by atoms with E-state index in [1.165, 1.54) is 4.90 Å². The second-order valence-corrected chi connectivity index (χ2v) is 9.21. The first-order chi connectivity index (χ1) is 14.0. The molecule has 2 aliphatic heterocycles. The van der Waals surface area contributed by atoms with Gasteiger partial charge in [0.2, 0.25) is 5.91 Å². The normalized spacial score (nSPS) is 29.4. The zero-order valence-corrected chi connectivity index (χ0v) is 16.9. The maximum absolute atomic E-state index is 12.6. The maximum atomic E-state index is 12.6. The number of carbonyl (C=O) groups is 2. The summed E-state index contributed by atoms with van der Waals surface area (Å²) in [5, 5.41) is 24.2. The van der Waals surface area contributed by atoms with Crippen LogP contribution in [0.15, 0.2) is 35.5 Å². The van der Waals surface area contributed by atoms with Crippen LogP contribution in [0, 0.1) is 17.8 Å². The van der Waals surface area contributed by atoms with Crippen molar-refractivity contribution in [1.29, 1.82) is 0 Å². The first kappa shape index (κ1) is 18.6. The number of para-hydroxylation sites is 1. The SMILES string of the molecule is C[C@@H](O)[C@H]1C(=O)N2C(C(=O)O)=C3[C@@H](CNc4nc5ccccc5s4)CCC[C@@H]3[C@H]12. The molecule has 1 aliphatic carbocycles. The molecule has 1 aromatic carbocycles. The molecule has 1 aromatic heterocycles. The lowest BCUT2D eigenvalue weighted by Gasteiger charge is -2.47. The summed E-state index contributed by atoms with van der Waals surface area (Å²) in [6, 6.07) is 7.73. The van der Waals surface area contributed by atoms with Crippen molar-refractivity contribution >= 4 is 38.6 Å². The van der Waals surface area contributed by atoms with Gasteiger partial charge in [-0.05, 0) is 37.5 Å². The highest BCUT2D eigenvalue weighted by Gasteiger charge is 2.62. The number of nitrogens with zero attached hydrogens (tertiary/aromatic N) is 2. The van der Waals surface area contributed by atoms with Crippen molar-refractivity contribution in [2.45, 2.75) is 38.3 Å². The Morgan fingerprint density at radius 1 is 1.38 bits per heavy atom. The molecule has 152 valence electrons. The third-order valence-corrected chi connectivity index (χ3v) is 7.53. The van der Waals surface area contributed by atoms with E-state index in [4.69, 9.17) is 0 Å². The highest BCUT2D eigenvalue weighted by Crippen LogP contribution is 2.53. The van der Waals surface area contributed by atoms with Gasteiger partial charge < -0.3 is 20.4 Å². The number of hydrogen-bond donors (Lipinski definition) is 3. The van der Waals surface area contributed by atoms with Gasteiger partial charge in [0.25, 0.3) is 0 Å². The molecular weight excluding hydrogens is 390 g/mol. The quantitative estimate of drug-likeness (QED) is 0.652. The van der Waals surface area contributed by atoms with Gasteiger partial charge in [-0.3, -0.25) is 4.79 Å². The number of hydrogen-bond acceptors (Lipinski definition) is 6. The number of benzene rings is 1. The summed E-state index contributed by atoms with van der Waals surface area (Å²) in [6.07, 6.45) is 1.97. The van der Waals surface area contributed by atoms with Crippen molar-refractivity contribution in [3.63, 3.8) is 0 Å². The molecule has 5 atom stereocenters. The van der Waals surface area contributed by atoms with Gasteiger partial charge >= 0.3 is 5.97 Å². The molecule has 8 heteroatoms. The van der Waals surface area contributed by atoms with E-state index in [0.29, 0.717) is 6.54 Å². The molecule has 0 radical (unpaired) electrons. The first-order valence-corrected chi connectivity index (χ1v) is 10.9. The third kappa shape index (κ3) is 2.77. The van der Waals surface area contributed by atoms with Crippen LogP contribution in [0.3, 0.4) is 0 Å². The number of nitrogens with one attached hydrogen (secondary N) is 1. The zero-order chi connectivity index (χ0) is 20.3. The summed E-state index contributed by atoms with van der Waals surface area (Å²) in [6.45, 7) is 2.21. The molecule has 3 N–H and O–H groups in total. The molecule has 29 heavy (non-hydrogen) atoms. The predicted octanol–water partition coefficient (Wildman–Crippen LogP) is 2.68. The van der Waals surface area contributed by atoms with Crippen molar-refractivity contribution in [1.82, 2.24) is 9.88 Å². The number of aliphatic carboxylic acids is 1. The van der Waals surface area contributed by atoms with Crippen LogP contribution in [-0.4, -0.2) is 50.7 Å². The van der Waals surface area contributed by atoms with Gasteiger partial charge in [0.1, 0.15) is 5.70 Å². The smallest absolute Gasteiger partial charge is 0.352 e. The molecule has 0 bridgehead atoms. The van der Waals surface area contributed by atoms with E-state index in [9.17, 15) is 19.8 Å². The zero-order valence-electron chi connectivity index (χ0n) is 16.0. The number of aromatic nitrogens is 1. The lowest BCUT2D eigenvalue weighted by molar-refractivity contribution is -0.163. The molecule has 1 amide bonds. The monoisotopic (exact) mass is 413 g/mol. The van der Waals surface area contributed by atoms with Gasteiger partial charge in [0, 0.05) is 18.4 Å². The summed E-state index contributed by atoms with van der Waals surface area (Å²) in [4.78, 5) is 30.7. The third-order valence-electron chi connectivity index (χ3n) is 6.54. The van der Waals surface area contributed by atoms with Crippen molar-refractivity contribution in [2.75, 3.05) is 11.9 Å². The number of thiazole rings is 1. The fourth-order valence-electron chi connectivity index (χ4n) is 5.37. The molecule has 1 saturated carbocycles. The summed E-state index contributed by atoms with van der Waals surface area (Å²) in [5.41, 5.74) is 1.97. The molecule has 7 nitrogen and oxygen atoms in total. The van der Waals surface area contributed by atoms with Crippen molar-refractivity contribution in [2.24, 2.45) is 17.8 Å². The minimum atomic E-state index is -1.04. The molecular formula is C21H23N3O4S. The fourth-order valence-corrected chi connectivity index (χ4v) is 6.24. The number of carboxylic acids is 1. The Morgan fingerprint density at radius 3 is 2.90 bits per heavy atom. The highest BCUT2D eigenvalue weighted by atomic mass is 32.1. The number of aliphatic hydroxyl groups excluding tert-OH is 1. The van der Waals surface area contributed by atoms with Gasteiger partial charge in [-0.25, -0.2) is 9.78 Å². The fraction of sp³-hybridized carbons (Fsp3) is 0.476. The number of aliphatic hydroxyl groups is 1. The van der Waals surface area contributed by atoms with E-state index < -0.39 is 18.0 Å². The van der Waals surface area contributed by atoms with Gasteiger partial charge in [-0.15, -0.1) is 0 Å². The number of amides is 1. The van der Waals surface area contributed by atoms with Crippen LogP contribution in [0.4, 0.5) is 5.13 Å². The number of carbonyl (C=O) groups excluding carboxylic acids is 1. The van der Waals surface area contributed by atoms with E-state index in [2.05, 4.69) is 10.3 Å². The van der Waals surface area contributed by atoms with Crippen LogP contribution in [0.5, 0.6) is 0 Å². The summed E-state index contributed by atoms with van der Waals surface area (Å²) < 4.78 is 1.11. The second-order valence-electron chi connectivity index (χ2n) is 8.18. The Morgan fingerprint density at radius 2 is 2.17 bits per heavy atom. The number of rotatable bonds is 5. The van der Waals surface area contributed by atoms with E-state index in [0.717, 1.165) is 40.2 Å². The van der Waals surface area contributed by atoms with Gasteiger partial charge in [0.15, 0.2) is 5.13 Å². The van der Waals surface area contributed by atoms with Gasteiger partial charge in [-0.2, -0.15) is 0 Å². The molecule has 0 spiro atoms. The lowest BCUT2D eigenvalue weighted by atomic mass is 9.69. The Bertz CT molecular complexity index is 997. The first-order valence-electron chi connectivity index (χ1n) is 10.0. The molecule has 3 aliphatic rings. The average molecular weight is 413 g/mol. The van der Waals surface area contributed by atoms with Crippen LogP contribution in [0.1, 0.15) is 26.2 Å². The Labute approximate surface area is 172 Å². The summed E-state index contributed by atoms with van der Waals surface area (Å²) in [5.74, 6) is -1.74. The van der Waals surface area contributed by atoms with Gasteiger partial charge in [0.05, 0.1) is 28.3 Å². The van der Waals surface area contributed by atoms with Crippen molar-refractivity contribution in [3.05, 3.63) is 35.5 Å². The van der Waals surface area contributed by atoms with Crippen LogP contribution in [0.25, 0.3) is 10.2 Å². The van der Waals surface area contributed by atoms with E-state index in [1.54, 1.807) is 18.3 Å². The van der Waals surface area contributed by atoms with E-state index in [1.807, 2.05) is 24.3 Å². The van der Waals surface area contributed by atoms with Crippen LogP contribution in [-0.2, 0) is 9.59 Å². The highest BCUT2D eigenvalue weighted by molar-refractivity contribution is 7.22. The minimum Gasteiger partial charge on any atom is -0.477 e. The minimum absolute atomic E-state index is 0.0225. The maximum Gasteiger partial charge on any atom is 0.352 e. The topological polar surface area (TPSA) is 103 Å². The molecule has 3 heterocycles. The van der Waals surface area contributed by atoms with Crippen LogP contribution < -0.4 is 5.32 Å². The molecule has 1 saturated heterocycles. The Hall–Kier alpha value is -2.45. The van der Waals surface area contributed by atoms with Crippen LogP contribution >= 0.6 is 11.3 Å². The number of β-lactam (4-membered cyclic amide) rings is 1. The predicted molar refractivity (Wildman–Crippen MR) is 109 cm³/mol. The van der Waals surface area contributed by atoms with Crippen LogP contribution in [0.2, 0.25) is 0 Å². The van der Waals surface area contributed by atoms with E-state index in [-0.39, 0.29) is 29.5 Å². The Balaban J connectivity index is 1.42. The molecule has 2 aromatic rings. The number of anilines is 1. The lowest BCUT2D eigenvalue weighted by Crippen LogP contribution is -2.64. The summed E-state index contributed by atoms with van der Waals surface area (Å²) in [7, 11) is 0. The molecule has 2 fully saturated rings. The van der Waals surface area contributed by atoms with Crippen molar-refractivity contribution in [3.8, 4) is 0 Å². The second kappa shape index (κ2) is 6.81. The largest absolute Gasteiger partial charge is 0.477 e. The standard InChI is InChI=1S/C21H23N3O4S/c1-10(25)15-17-12-6-4-5-11(16(12)18(20(27)28)24(17)19(15)26)9-22-21-23-13-7-2-3-8-14(13)29-21/h2-3,7-8,10-12,15,17,25H,4-6,9H2,1H3,(H,22,23)(H,27,28)/t10-,11-,12+,15-,17-/m1/s1. The average Bonchev–Trinajstić information content (AvgIpc) is 3.23. The summed E-state index contributed by atoms with van der Waals surface area (Å²) >= 11 is 1.58. The van der Waals surface area contributed by atoms with Gasteiger partial charge in [-0.1, -0.05) is 29.9 Å². The molecule has 0 unspecified atom stereocenters.